The maximum absolute atomic E-state index is 11.6. The summed E-state index contributed by atoms with van der Waals surface area (Å²) in [4.78, 5) is 15.9. The smallest absolute Gasteiger partial charge is 0.234 e. The Balaban J connectivity index is 1.86. The van der Waals surface area contributed by atoms with Crippen LogP contribution in [0, 0.1) is 0 Å². The molecule has 0 aliphatic heterocycles. The molecule has 0 bridgehead atoms. The molecule has 1 amide bonds. The average Bonchev–Trinajstić information content (AvgIpc) is 2.54. The Kier molecular flexibility index (Phi) is 6.56. The standard InChI is InChI=1S/C18H23N3O2/c1-14(2)21-18(22)12-19-11-15-7-3-4-9-17(15)23-13-16-8-5-6-10-20-16/h3-10,14,19H,11-13H2,1-2H3,(H,21,22). The van der Waals surface area contributed by atoms with Gasteiger partial charge in [-0.25, -0.2) is 0 Å². The minimum Gasteiger partial charge on any atom is -0.487 e. The largest absolute Gasteiger partial charge is 0.487 e. The number of nitrogens with zero attached hydrogens (tertiary/aromatic N) is 1. The van der Waals surface area contributed by atoms with Crippen molar-refractivity contribution in [2.75, 3.05) is 6.54 Å². The van der Waals surface area contributed by atoms with Gasteiger partial charge < -0.3 is 15.4 Å². The zero-order valence-corrected chi connectivity index (χ0v) is 13.6. The lowest BCUT2D eigenvalue weighted by molar-refractivity contribution is -0.120. The van der Waals surface area contributed by atoms with Crippen molar-refractivity contribution in [3.8, 4) is 5.75 Å². The number of para-hydroxylation sites is 1. The Morgan fingerprint density at radius 2 is 1.96 bits per heavy atom. The van der Waals surface area contributed by atoms with Crippen LogP contribution in [0.15, 0.2) is 48.7 Å². The highest BCUT2D eigenvalue weighted by molar-refractivity contribution is 5.78. The van der Waals surface area contributed by atoms with Gasteiger partial charge >= 0.3 is 0 Å². The van der Waals surface area contributed by atoms with Crippen molar-refractivity contribution >= 4 is 5.91 Å². The van der Waals surface area contributed by atoms with Crippen LogP contribution in [0.1, 0.15) is 25.1 Å². The molecule has 0 aliphatic carbocycles. The van der Waals surface area contributed by atoms with Gasteiger partial charge in [-0.05, 0) is 32.0 Å². The van der Waals surface area contributed by atoms with Gasteiger partial charge in [0.25, 0.3) is 0 Å². The summed E-state index contributed by atoms with van der Waals surface area (Å²) in [5.74, 6) is 0.793. The number of hydrogen-bond acceptors (Lipinski definition) is 4. The molecule has 0 atom stereocenters. The first kappa shape index (κ1) is 17.0. The molecule has 0 fully saturated rings. The molecule has 23 heavy (non-hydrogen) atoms. The van der Waals surface area contributed by atoms with E-state index in [2.05, 4.69) is 15.6 Å². The summed E-state index contributed by atoms with van der Waals surface area (Å²) >= 11 is 0. The maximum atomic E-state index is 11.6. The molecule has 0 aliphatic rings. The second-order valence-electron chi connectivity index (χ2n) is 5.54. The fourth-order valence-electron chi connectivity index (χ4n) is 2.11. The highest BCUT2D eigenvalue weighted by Crippen LogP contribution is 2.18. The molecule has 2 aromatic rings. The van der Waals surface area contributed by atoms with Crippen molar-refractivity contribution in [3.05, 3.63) is 59.9 Å². The predicted octanol–water partition coefficient (Wildman–Crippen LogP) is 2.27. The first-order valence-electron chi connectivity index (χ1n) is 7.76. The zero-order valence-electron chi connectivity index (χ0n) is 13.6. The molecule has 5 nitrogen and oxygen atoms in total. The van der Waals surface area contributed by atoms with Crippen molar-refractivity contribution in [1.82, 2.24) is 15.6 Å². The van der Waals surface area contributed by atoms with Crippen molar-refractivity contribution in [1.29, 1.82) is 0 Å². The van der Waals surface area contributed by atoms with Gasteiger partial charge in [-0.15, -0.1) is 0 Å². The van der Waals surface area contributed by atoms with E-state index in [1.54, 1.807) is 6.20 Å². The van der Waals surface area contributed by atoms with Crippen LogP contribution in [0.3, 0.4) is 0 Å². The van der Waals surface area contributed by atoms with Crippen LogP contribution in [-0.2, 0) is 17.9 Å². The summed E-state index contributed by atoms with van der Waals surface area (Å²) in [6, 6.07) is 13.7. The monoisotopic (exact) mass is 313 g/mol. The number of ether oxygens (including phenoxy) is 1. The molecule has 1 heterocycles. The lowest BCUT2D eigenvalue weighted by Gasteiger charge is -2.13. The second-order valence-corrected chi connectivity index (χ2v) is 5.54. The summed E-state index contributed by atoms with van der Waals surface area (Å²) in [5.41, 5.74) is 1.90. The molecule has 0 radical (unpaired) electrons. The Morgan fingerprint density at radius 1 is 1.17 bits per heavy atom. The highest BCUT2D eigenvalue weighted by Gasteiger charge is 2.06. The van der Waals surface area contributed by atoms with Gasteiger partial charge in [-0.3, -0.25) is 9.78 Å². The van der Waals surface area contributed by atoms with Gasteiger partial charge in [-0.2, -0.15) is 0 Å². The summed E-state index contributed by atoms with van der Waals surface area (Å²) in [6.45, 7) is 5.17. The number of rotatable bonds is 8. The molecule has 0 saturated heterocycles. The number of hydrogen-bond donors (Lipinski definition) is 2. The fourth-order valence-corrected chi connectivity index (χ4v) is 2.11. The van der Waals surface area contributed by atoms with Crippen LogP contribution < -0.4 is 15.4 Å². The molecule has 2 N–H and O–H groups in total. The SMILES string of the molecule is CC(C)NC(=O)CNCc1ccccc1OCc1ccccn1. The van der Waals surface area contributed by atoms with Crippen LogP contribution in [0.2, 0.25) is 0 Å². The first-order chi connectivity index (χ1) is 11.1. The molecular weight excluding hydrogens is 290 g/mol. The Morgan fingerprint density at radius 3 is 2.70 bits per heavy atom. The lowest BCUT2D eigenvalue weighted by atomic mass is 10.2. The molecular formula is C18H23N3O2. The Bertz CT molecular complexity index is 615. The van der Waals surface area contributed by atoms with Crippen LogP contribution in [0.4, 0.5) is 0 Å². The summed E-state index contributed by atoms with van der Waals surface area (Å²) in [6.07, 6.45) is 1.75. The third kappa shape index (κ3) is 6.08. The number of pyridine rings is 1. The molecule has 5 heteroatoms. The number of carbonyl (C=O) groups excluding carboxylic acids is 1. The van der Waals surface area contributed by atoms with E-state index >= 15 is 0 Å². The third-order valence-electron chi connectivity index (χ3n) is 3.12. The van der Waals surface area contributed by atoms with Gasteiger partial charge in [0, 0.05) is 24.3 Å². The van der Waals surface area contributed by atoms with Crippen molar-refractivity contribution in [2.24, 2.45) is 0 Å². The van der Waals surface area contributed by atoms with E-state index in [-0.39, 0.29) is 18.5 Å². The van der Waals surface area contributed by atoms with E-state index in [0.717, 1.165) is 17.0 Å². The predicted molar refractivity (Wildman–Crippen MR) is 90.0 cm³/mol. The van der Waals surface area contributed by atoms with Crippen LogP contribution in [0.5, 0.6) is 5.75 Å². The minimum absolute atomic E-state index is 0.00751. The summed E-state index contributed by atoms with van der Waals surface area (Å²) < 4.78 is 5.84. The van der Waals surface area contributed by atoms with Crippen LogP contribution >= 0.6 is 0 Å². The number of carbonyl (C=O) groups is 1. The Labute approximate surface area is 137 Å². The normalized spacial score (nSPS) is 10.6. The number of aromatic nitrogens is 1. The Hall–Kier alpha value is -2.40. The summed E-state index contributed by atoms with van der Waals surface area (Å²) in [7, 11) is 0. The fraction of sp³-hybridized carbons (Fsp3) is 0.333. The molecule has 122 valence electrons. The van der Waals surface area contributed by atoms with E-state index in [0.29, 0.717) is 13.2 Å². The lowest BCUT2D eigenvalue weighted by Crippen LogP contribution is -2.37. The third-order valence-corrected chi connectivity index (χ3v) is 3.12. The molecule has 1 aromatic carbocycles. The van der Waals surface area contributed by atoms with E-state index < -0.39 is 0 Å². The van der Waals surface area contributed by atoms with Gasteiger partial charge in [-0.1, -0.05) is 24.3 Å². The van der Waals surface area contributed by atoms with Crippen molar-refractivity contribution in [2.45, 2.75) is 33.0 Å². The molecule has 0 saturated carbocycles. The molecule has 0 unspecified atom stereocenters. The number of nitrogens with one attached hydrogen (secondary N) is 2. The molecule has 2 rings (SSSR count). The molecule has 0 spiro atoms. The van der Waals surface area contributed by atoms with E-state index in [4.69, 9.17) is 4.74 Å². The van der Waals surface area contributed by atoms with E-state index in [1.807, 2.05) is 56.3 Å². The average molecular weight is 313 g/mol. The van der Waals surface area contributed by atoms with Gasteiger partial charge in [0.15, 0.2) is 0 Å². The van der Waals surface area contributed by atoms with Gasteiger partial charge in [0.2, 0.25) is 5.91 Å². The zero-order chi connectivity index (χ0) is 16.5. The number of amides is 1. The van der Waals surface area contributed by atoms with E-state index in [9.17, 15) is 4.79 Å². The van der Waals surface area contributed by atoms with Crippen LogP contribution in [-0.4, -0.2) is 23.5 Å². The van der Waals surface area contributed by atoms with Crippen molar-refractivity contribution < 1.29 is 9.53 Å². The maximum Gasteiger partial charge on any atom is 0.234 e. The van der Waals surface area contributed by atoms with Crippen molar-refractivity contribution in [3.63, 3.8) is 0 Å². The first-order valence-corrected chi connectivity index (χ1v) is 7.76. The van der Waals surface area contributed by atoms with Gasteiger partial charge in [0.05, 0.1) is 12.2 Å². The highest BCUT2D eigenvalue weighted by atomic mass is 16.5. The molecule has 1 aromatic heterocycles. The number of benzene rings is 1. The minimum atomic E-state index is -0.00751. The topological polar surface area (TPSA) is 63.2 Å². The van der Waals surface area contributed by atoms with Crippen LogP contribution in [0.25, 0.3) is 0 Å². The van der Waals surface area contributed by atoms with Gasteiger partial charge in [0.1, 0.15) is 12.4 Å². The van der Waals surface area contributed by atoms with E-state index in [1.165, 1.54) is 0 Å². The summed E-state index contributed by atoms with van der Waals surface area (Å²) in [5, 5.41) is 5.99. The second kappa shape index (κ2) is 8.90. The quantitative estimate of drug-likeness (QED) is 0.785.